The van der Waals surface area contributed by atoms with E-state index in [1.54, 1.807) is 18.2 Å². The largest absolute Gasteiger partial charge is 0.506 e. The molecule has 2 aromatic carbocycles. The van der Waals surface area contributed by atoms with Crippen LogP contribution in [0, 0.1) is 11.3 Å². The fraction of sp³-hybridized carbons (Fsp3) is 0.318. The number of phenols is 1. The Morgan fingerprint density at radius 2 is 1.93 bits per heavy atom. The molecule has 0 spiro atoms. The topological polar surface area (TPSA) is 90.2 Å². The lowest BCUT2D eigenvalue weighted by Crippen LogP contribution is -2.26. The molecule has 7 heteroatoms. The molecule has 2 rings (SSSR count). The van der Waals surface area contributed by atoms with Crippen LogP contribution in [-0.2, 0) is 22.9 Å². The molecule has 0 unspecified atom stereocenters. The SMILES string of the molecule is CCCCc1cc(C=C(C#N)S(=O)(=O)NCCCc2ccccc2)cc(Br)c1O. The van der Waals surface area contributed by atoms with Crippen LogP contribution in [0.3, 0.4) is 0 Å². The third-order valence-corrected chi connectivity index (χ3v) is 6.42. The number of aromatic hydroxyl groups is 1. The van der Waals surface area contributed by atoms with Gasteiger partial charge in [-0.15, -0.1) is 0 Å². The second-order valence-corrected chi connectivity index (χ2v) is 9.31. The van der Waals surface area contributed by atoms with E-state index in [1.807, 2.05) is 30.3 Å². The molecule has 29 heavy (non-hydrogen) atoms. The Hall–Kier alpha value is -2.14. The van der Waals surface area contributed by atoms with Crippen molar-refractivity contribution < 1.29 is 13.5 Å². The molecule has 2 aromatic rings. The highest BCUT2D eigenvalue weighted by atomic mass is 79.9. The summed E-state index contributed by atoms with van der Waals surface area (Å²) in [7, 11) is -3.91. The smallest absolute Gasteiger partial charge is 0.250 e. The second-order valence-electron chi connectivity index (χ2n) is 6.72. The number of nitrogens with zero attached hydrogens (tertiary/aromatic N) is 1. The van der Waals surface area contributed by atoms with Gasteiger partial charge >= 0.3 is 0 Å². The van der Waals surface area contributed by atoms with Crippen molar-refractivity contribution in [3.8, 4) is 11.8 Å². The number of rotatable bonds is 10. The summed E-state index contributed by atoms with van der Waals surface area (Å²) in [5.74, 6) is 0.149. The van der Waals surface area contributed by atoms with Crippen LogP contribution in [0.25, 0.3) is 6.08 Å². The Morgan fingerprint density at radius 3 is 2.59 bits per heavy atom. The van der Waals surface area contributed by atoms with Crippen molar-refractivity contribution in [3.05, 3.63) is 68.5 Å². The standard InChI is InChI=1S/C22H25BrN2O3S/c1-2-3-11-19-13-18(15-21(23)22(19)26)14-20(16-24)29(27,28)25-12-7-10-17-8-5-4-6-9-17/h4-6,8-9,13-15,25-26H,2-3,7,10-12H2,1H3. The predicted molar refractivity (Wildman–Crippen MR) is 120 cm³/mol. The highest BCUT2D eigenvalue weighted by Crippen LogP contribution is 2.31. The van der Waals surface area contributed by atoms with Gasteiger partial charge in [0.2, 0.25) is 0 Å². The summed E-state index contributed by atoms with van der Waals surface area (Å²) in [4.78, 5) is -0.351. The molecular weight excluding hydrogens is 452 g/mol. The number of benzene rings is 2. The van der Waals surface area contributed by atoms with Gasteiger partial charge in [0.05, 0.1) is 4.47 Å². The minimum Gasteiger partial charge on any atom is -0.506 e. The van der Waals surface area contributed by atoms with Gasteiger partial charge in [-0.05, 0) is 76.5 Å². The monoisotopic (exact) mass is 476 g/mol. The van der Waals surface area contributed by atoms with Gasteiger partial charge in [0.25, 0.3) is 10.0 Å². The van der Waals surface area contributed by atoms with Gasteiger partial charge < -0.3 is 5.11 Å². The summed E-state index contributed by atoms with van der Waals surface area (Å²) in [6.07, 6.45) is 5.27. The third-order valence-electron chi connectivity index (χ3n) is 4.44. The van der Waals surface area contributed by atoms with Crippen LogP contribution in [-0.4, -0.2) is 20.1 Å². The lowest BCUT2D eigenvalue weighted by molar-refractivity contribution is 0.463. The maximum atomic E-state index is 12.5. The molecule has 0 aliphatic heterocycles. The summed E-state index contributed by atoms with van der Waals surface area (Å²) in [5, 5.41) is 19.6. The van der Waals surface area contributed by atoms with E-state index in [0.717, 1.165) is 30.4 Å². The number of halogens is 1. The van der Waals surface area contributed by atoms with Gasteiger partial charge in [0.15, 0.2) is 4.91 Å². The fourth-order valence-electron chi connectivity index (χ4n) is 2.86. The summed E-state index contributed by atoms with van der Waals surface area (Å²) >= 11 is 3.30. The molecule has 0 bridgehead atoms. The Bertz CT molecular complexity index is 997. The highest BCUT2D eigenvalue weighted by molar-refractivity contribution is 9.10. The molecule has 0 atom stereocenters. The van der Waals surface area contributed by atoms with E-state index in [0.29, 0.717) is 22.9 Å². The number of hydrogen-bond donors (Lipinski definition) is 2. The normalized spacial score (nSPS) is 12.0. The first-order valence-electron chi connectivity index (χ1n) is 9.54. The second kappa shape index (κ2) is 11.1. The average Bonchev–Trinajstić information content (AvgIpc) is 2.71. The van der Waals surface area contributed by atoms with Crippen LogP contribution in [0.5, 0.6) is 5.75 Å². The van der Waals surface area contributed by atoms with Crippen molar-refractivity contribution in [2.24, 2.45) is 0 Å². The molecule has 154 valence electrons. The molecule has 0 saturated heterocycles. The number of phenolic OH excluding ortho intramolecular Hbond substituents is 1. The van der Waals surface area contributed by atoms with E-state index in [4.69, 9.17) is 0 Å². The lowest BCUT2D eigenvalue weighted by Gasteiger charge is -2.09. The zero-order valence-corrected chi connectivity index (χ0v) is 18.8. The quantitative estimate of drug-likeness (QED) is 0.376. The van der Waals surface area contributed by atoms with Gasteiger partial charge in [0.1, 0.15) is 11.8 Å². The minimum atomic E-state index is -3.91. The maximum absolute atomic E-state index is 12.5. The fourth-order valence-corrected chi connectivity index (χ4v) is 4.36. The minimum absolute atomic E-state index is 0.149. The van der Waals surface area contributed by atoms with Gasteiger partial charge in [-0.25, -0.2) is 13.1 Å². The van der Waals surface area contributed by atoms with E-state index in [2.05, 4.69) is 27.6 Å². The van der Waals surface area contributed by atoms with Crippen LogP contribution in [0.1, 0.15) is 42.9 Å². The zero-order valence-electron chi connectivity index (χ0n) is 16.4. The number of unbranched alkanes of at least 4 members (excludes halogenated alkanes) is 1. The van der Waals surface area contributed by atoms with Gasteiger partial charge in [-0.3, -0.25) is 0 Å². The van der Waals surface area contributed by atoms with Crippen LogP contribution in [0.4, 0.5) is 0 Å². The van der Waals surface area contributed by atoms with Gasteiger partial charge in [-0.1, -0.05) is 43.7 Å². The van der Waals surface area contributed by atoms with Crippen LogP contribution >= 0.6 is 15.9 Å². The third kappa shape index (κ3) is 7.00. The Kier molecular flexibility index (Phi) is 8.90. The predicted octanol–water partition coefficient (Wildman–Crippen LogP) is 4.91. The molecule has 2 N–H and O–H groups in total. The Morgan fingerprint density at radius 1 is 1.21 bits per heavy atom. The van der Waals surface area contributed by atoms with E-state index >= 15 is 0 Å². The van der Waals surface area contributed by atoms with Gasteiger partial charge in [0, 0.05) is 6.54 Å². The molecule has 0 aliphatic rings. The van der Waals surface area contributed by atoms with E-state index in [9.17, 15) is 18.8 Å². The number of allylic oxidation sites excluding steroid dienone is 1. The number of sulfonamides is 1. The molecule has 5 nitrogen and oxygen atoms in total. The molecular formula is C22H25BrN2O3S. The summed E-state index contributed by atoms with van der Waals surface area (Å²) in [6, 6.07) is 14.9. The number of hydrogen-bond acceptors (Lipinski definition) is 4. The van der Waals surface area contributed by atoms with Crippen LogP contribution < -0.4 is 4.72 Å². The van der Waals surface area contributed by atoms with E-state index in [1.165, 1.54) is 6.08 Å². The molecule has 0 saturated carbocycles. The first-order chi connectivity index (χ1) is 13.9. The van der Waals surface area contributed by atoms with Crippen LogP contribution in [0.15, 0.2) is 51.8 Å². The zero-order chi connectivity index (χ0) is 21.3. The molecule has 0 aliphatic carbocycles. The van der Waals surface area contributed by atoms with Crippen molar-refractivity contribution >= 4 is 32.0 Å². The Balaban J connectivity index is 2.11. The highest BCUT2D eigenvalue weighted by Gasteiger charge is 2.17. The van der Waals surface area contributed by atoms with Crippen molar-refractivity contribution in [2.75, 3.05) is 6.54 Å². The first-order valence-corrected chi connectivity index (χ1v) is 11.8. The number of nitriles is 1. The molecule has 0 heterocycles. The molecule has 0 aromatic heterocycles. The lowest BCUT2D eigenvalue weighted by atomic mass is 10.0. The van der Waals surface area contributed by atoms with Crippen molar-refractivity contribution in [2.45, 2.75) is 39.0 Å². The molecule has 0 fully saturated rings. The first kappa shape index (κ1) is 23.1. The molecule has 0 amide bonds. The number of aryl methyl sites for hydroxylation is 2. The molecule has 0 radical (unpaired) electrons. The average molecular weight is 477 g/mol. The van der Waals surface area contributed by atoms with Crippen LogP contribution in [0.2, 0.25) is 0 Å². The van der Waals surface area contributed by atoms with Crippen molar-refractivity contribution in [1.29, 1.82) is 5.26 Å². The maximum Gasteiger partial charge on any atom is 0.250 e. The Labute approximate surface area is 181 Å². The van der Waals surface area contributed by atoms with Crippen molar-refractivity contribution in [3.63, 3.8) is 0 Å². The van der Waals surface area contributed by atoms with E-state index in [-0.39, 0.29) is 17.2 Å². The summed E-state index contributed by atoms with van der Waals surface area (Å²) in [5.41, 5.74) is 2.40. The van der Waals surface area contributed by atoms with Crippen molar-refractivity contribution in [1.82, 2.24) is 4.72 Å². The van der Waals surface area contributed by atoms with E-state index < -0.39 is 10.0 Å². The summed E-state index contributed by atoms with van der Waals surface area (Å²) < 4.78 is 28.0. The summed E-state index contributed by atoms with van der Waals surface area (Å²) in [6.45, 7) is 2.30. The van der Waals surface area contributed by atoms with Gasteiger partial charge in [-0.2, -0.15) is 5.26 Å². The number of nitrogens with one attached hydrogen (secondary N) is 1.